The number of alkyl halides is 3. The van der Waals surface area contributed by atoms with Gasteiger partial charge in [0.1, 0.15) is 5.75 Å². The third kappa shape index (κ3) is 9.05. The fourth-order valence-electron chi connectivity index (χ4n) is 4.34. The number of hydrogen-bond donors (Lipinski definition) is 2. The van der Waals surface area contributed by atoms with Gasteiger partial charge in [-0.3, -0.25) is 14.5 Å². The molecule has 3 rings (SSSR count). The highest BCUT2D eigenvalue weighted by molar-refractivity contribution is 5.84. The zero-order chi connectivity index (χ0) is 27.7. The predicted octanol–water partition coefficient (Wildman–Crippen LogP) is 2.53. The molecule has 2 aliphatic heterocycles. The summed E-state index contributed by atoms with van der Waals surface area (Å²) in [5.41, 5.74) is 1.45. The van der Waals surface area contributed by atoms with Crippen LogP contribution in [0, 0.1) is 5.92 Å². The number of piperazine rings is 1. The van der Waals surface area contributed by atoms with Crippen LogP contribution in [0.15, 0.2) is 46.1 Å². The SMILES string of the molecule is C=N/C(=N\C=C(/C)N1CCN(CC(=O)N2CCC(C(=O)O)CC2)CC1)NCc1cccc(OC(F)(F)F)c1. The van der Waals surface area contributed by atoms with Crippen LogP contribution in [0.3, 0.4) is 0 Å². The number of piperidine rings is 1. The van der Waals surface area contributed by atoms with Crippen molar-refractivity contribution in [1.29, 1.82) is 0 Å². The van der Waals surface area contributed by atoms with Gasteiger partial charge in [-0.1, -0.05) is 12.1 Å². The molecule has 1 amide bonds. The van der Waals surface area contributed by atoms with E-state index in [1.54, 1.807) is 17.2 Å². The molecule has 2 heterocycles. The Balaban J connectivity index is 1.44. The summed E-state index contributed by atoms with van der Waals surface area (Å²) in [6.45, 7) is 9.69. The zero-order valence-corrected chi connectivity index (χ0v) is 21.3. The average molecular weight is 539 g/mol. The summed E-state index contributed by atoms with van der Waals surface area (Å²) in [6.07, 6.45) is -2.12. The van der Waals surface area contributed by atoms with Crippen molar-refractivity contribution < 1.29 is 32.6 Å². The summed E-state index contributed by atoms with van der Waals surface area (Å²) in [6, 6.07) is 5.63. The Morgan fingerprint density at radius 3 is 2.45 bits per heavy atom. The number of carbonyl (C=O) groups excluding carboxylic acids is 1. The van der Waals surface area contributed by atoms with Gasteiger partial charge in [0.05, 0.1) is 12.5 Å². The lowest BCUT2D eigenvalue weighted by atomic mass is 9.97. The number of allylic oxidation sites excluding steroid dienone is 1. The second-order valence-corrected chi connectivity index (χ2v) is 9.19. The maximum absolute atomic E-state index is 12.6. The van der Waals surface area contributed by atoms with Crippen molar-refractivity contribution in [1.82, 2.24) is 20.0 Å². The number of amides is 1. The first-order valence-electron chi connectivity index (χ1n) is 12.3. The fraction of sp³-hybridized carbons (Fsp3) is 0.520. The molecule has 0 aromatic heterocycles. The van der Waals surface area contributed by atoms with E-state index in [2.05, 4.69) is 36.6 Å². The second kappa shape index (κ2) is 13.3. The minimum absolute atomic E-state index is 0.0300. The lowest BCUT2D eigenvalue weighted by molar-refractivity contribution is -0.274. The van der Waals surface area contributed by atoms with E-state index in [-0.39, 0.29) is 30.1 Å². The largest absolute Gasteiger partial charge is 0.573 e. The predicted molar refractivity (Wildman–Crippen MR) is 136 cm³/mol. The van der Waals surface area contributed by atoms with Crippen molar-refractivity contribution in [3.8, 4) is 5.75 Å². The Kier molecular flexibility index (Phi) is 10.1. The van der Waals surface area contributed by atoms with Crippen LogP contribution < -0.4 is 10.1 Å². The lowest BCUT2D eigenvalue weighted by Crippen LogP contribution is -2.50. The number of benzene rings is 1. The Morgan fingerprint density at radius 2 is 1.84 bits per heavy atom. The molecule has 0 spiro atoms. The molecule has 2 N–H and O–H groups in total. The number of aliphatic imine (C=N–C) groups is 2. The van der Waals surface area contributed by atoms with Gasteiger partial charge in [-0.05, 0) is 44.2 Å². The number of hydrogen-bond acceptors (Lipinski definition) is 6. The van der Waals surface area contributed by atoms with Gasteiger partial charge in [0.25, 0.3) is 0 Å². The second-order valence-electron chi connectivity index (χ2n) is 9.19. The lowest BCUT2D eigenvalue weighted by Gasteiger charge is -2.37. The average Bonchev–Trinajstić information content (AvgIpc) is 2.88. The van der Waals surface area contributed by atoms with Crippen LogP contribution in [0.2, 0.25) is 0 Å². The molecule has 1 aromatic carbocycles. The van der Waals surface area contributed by atoms with E-state index >= 15 is 0 Å². The minimum atomic E-state index is -4.76. The van der Waals surface area contributed by atoms with E-state index in [1.165, 1.54) is 18.2 Å². The maximum atomic E-state index is 12.6. The van der Waals surface area contributed by atoms with E-state index in [9.17, 15) is 22.8 Å². The van der Waals surface area contributed by atoms with Crippen LogP contribution in [-0.2, 0) is 16.1 Å². The number of guanidine groups is 1. The Bertz CT molecular complexity index is 1050. The number of rotatable bonds is 8. The van der Waals surface area contributed by atoms with Gasteiger partial charge in [0.2, 0.25) is 11.9 Å². The highest BCUT2D eigenvalue weighted by atomic mass is 19.4. The maximum Gasteiger partial charge on any atom is 0.573 e. The molecule has 1 aromatic rings. The number of halogens is 3. The van der Waals surface area contributed by atoms with Gasteiger partial charge >= 0.3 is 12.3 Å². The fourth-order valence-corrected chi connectivity index (χ4v) is 4.34. The van der Waals surface area contributed by atoms with Crippen LogP contribution in [0.4, 0.5) is 13.2 Å². The number of nitrogens with zero attached hydrogens (tertiary/aromatic N) is 5. The molecule has 208 valence electrons. The summed E-state index contributed by atoms with van der Waals surface area (Å²) in [7, 11) is 0. The Labute approximate surface area is 219 Å². The number of carboxylic acids is 1. The summed E-state index contributed by atoms with van der Waals surface area (Å²) < 4.78 is 41.2. The monoisotopic (exact) mass is 538 g/mol. The van der Waals surface area contributed by atoms with Crippen molar-refractivity contribution in [2.45, 2.75) is 32.7 Å². The first-order valence-corrected chi connectivity index (χ1v) is 12.3. The van der Waals surface area contributed by atoms with Crippen LogP contribution in [0.25, 0.3) is 0 Å². The van der Waals surface area contributed by atoms with E-state index in [0.717, 1.165) is 5.70 Å². The van der Waals surface area contributed by atoms with Crippen molar-refractivity contribution in [3.63, 3.8) is 0 Å². The van der Waals surface area contributed by atoms with Gasteiger partial charge in [-0.2, -0.15) is 0 Å². The van der Waals surface area contributed by atoms with E-state index in [0.29, 0.717) is 64.2 Å². The molecule has 13 heteroatoms. The molecule has 2 aliphatic rings. The van der Waals surface area contributed by atoms with Gasteiger partial charge in [-0.15, -0.1) is 13.2 Å². The molecular formula is C25H33F3N6O4. The smallest absolute Gasteiger partial charge is 0.481 e. The van der Waals surface area contributed by atoms with Crippen molar-refractivity contribution >= 4 is 24.6 Å². The molecule has 0 saturated carbocycles. The van der Waals surface area contributed by atoms with Crippen LogP contribution in [0.5, 0.6) is 5.75 Å². The highest BCUT2D eigenvalue weighted by Gasteiger charge is 2.31. The van der Waals surface area contributed by atoms with Crippen LogP contribution in [0.1, 0.15) is 25.3 Å². The summed E-state index contributed by atoms with van der Waals surface area (Å²) in [5, 5.41) is 12.1. The molecule has 0 unspecified atom stereocenters. The number of carbonyl (C=O) groups is 2. The third-order valence-electron chi connectivity index (χ3n) is 6.53. The number of ether oxygens (including phenoxy) is 1. The highest BCUT2D eigenvalue weighted by Crippen LogP contribution is 2.23. The van der Waals surface area contributed by atoms with Gasteiger partial charge in [0.15, 0.2) is 0 Å². The van der Waals surface area contributed by atoms with Crippen molar-refractivity contribution in [3.05, 3.63) is 41.7 Å². The van der Waals surface area contributed by atoms with Gasteiger partial charge < -0.3 is 25.0 Å². The molecule has 0 bridgehead atoms. The minimum Gasteiger partial charge on any atom is -0.481 e. The van der Waals surface area contributed by atoms with Crippen molar-refractivity contribution in [2.24, 2.45) is 15.9 Å². The third-order valence-corrected chi connectivity index (χ3v) is 6.53. The number of carboxylic acid groups (broad SMARTS) is 1. The van der Waals surface area contributed by atoms with Gasteiger partial charge in [0, 0.05) is 57.7 Å². The zero-order valence-electron chi connectivity index (χ0n) is 21.3. The first-order chi connectivity index (χ1) is 18.0. The molecular weight excluding hydrogens is 505 g/mol. The molecule has 0 aliphatic carbocycles. The summed E-state index contributed by atoms with van der Waals surface area (Å²) in [4.78, 5) is 37.9. The van der Waals surface area contributed by atoms with E-state index in [4.69, 9.17) is 5.11 Å². The molecule has 2 saturated heterocycles. The first kappa shape index (κ1) is 29.0. The molecule has 10 nitrogen and oxygen atoms in total. The molecule has 2 fully saturated rings. The van der Waals surface area contributed by atoms with Gasteiger partial charge in [-0.25, -0.2) is 9.98 Å². The Hall–Kier alpha value is -3.61. The van der Waals surface area contributed by atoms with Crippen molar-refractivity contribution in [2.75, 3.05) is 45.8 Å². The quantitative estimate of drug-likeness (QED) is 0.387. The van der Waals surface area contributed by atoms with E-state index < -0.39 is 12.3 Å². The standard InChI is InChI=1S/C25H33F3N6O4/c1-18(15-30-24(29-2)31-16-19-4-3-5-21(14-19)38-25(26,27)28)33-12-10-32(11-13-33)17-22(35)34-8-6-20(7-9-34)23(36)37/h3-5,14-15,20H,2,6-13,16-17H2,1H3,(H,30,31)(H,36,37)/b18-15+. The topological polar surface area (TPSA) is 110 Å². The molecule has 0 radical (unpaired) electrons. The Morgan fingerprint density at radius 1 is 1.16 bits per heavy atom. The molecule has 38 heavy (non-hydrogen) atoms. The van der Waals surface area contributed by atoms with Crippen LogP contribution >= 0.6 is 0 Å². The number of nitrogens with one attached hydrogen (secondary N) is 1. The summed E-state index contributed by atoms with van der Waals surface area (Å²) in [5.74, 6) is -1.21. The number of aliphatic carboxylic acids is 1. The van der Waals surface area contributed by atoms with E-state index in [1.807, 2.05) is 6.92 Å². The van der Waals surface area contributed by atoms with Crippen LogP contribution in [-0.4, -0.2) is 96.5 Å². The molecule has 0 atom stereocenters. The summed E-state index contributed by atoms with van der Waals surface area (Å²) >= 11 is 0. The number of likely N-dealkylation sites (tertiary alicyclic amines) is 1. The normalized spacial score (nSPS) is 18.3.